The van der Waals surface area contributed by atoms with Crippen molar-refractivity contribution in [3.63, 3.8) is 0 Å². The Labute approximate surface area is 152 Å². The molecule has 2 N–H and O–H groups in total. The molecule has 6 nitrogen and oxygen atoms in total. The van der Waals surface area contributed by atoms with Gasteiger partial charge < -0.3 is 4.90 Å². The molecular formula is C18H24ClN3O3. The highest BCUT2D eigenvalue weighted by molar-refractivity contribution is 6.30. The molecule has 1 aromatic rings. The third kappa shape index (κ3) is 5.74. The van der Waals surface area contributed by atoms with Gasteiger partial charge >= 0.3 is 0 Å². The van der Waals surface area contributed by atoms with Gasteiger partial charge in [-0.15, -0.1) is 0 Å². The number of piperidine rings is 1. The summed E-state index contributed by atoms with van der Waals surface area (Å²) in [5.41, 5.74) is 5.74. The minimum atomic E-state index is -0.289. The van der Waals surface area contributed by atoms with Crippen LogP contribution >= 0.6 is 11.6 Å². The lowest BCUT2D eigenvalue weighted by Crippen LogP contribution is -2.49. The Balaban J connectivity index is 1.72. The van der Waals surface area contributed by atoms with Crippen molar-refractivity contribution in [3.05, 3.63) is 34.9 Å². The lowest BCUT2D eigenvalue weighted by molar-refractivity contribution is -0.138. The van der Waals surface area contributed by atoms with Gasteiger partial charge in [-0.3, -0.25) is 25.2 Å². The first kappa shape index (κ1) is 19.2. The lowest BCUT2D eigenvalue weighted by atomic mass is 9.95. The Morgan fingerprint density at radius 3 is 2.28 bits per heavy atom. The number of amides is 3. The maximum Gasteiger partial charge on any atom is 0.242 e. The van der Waals surface area contributed by atoms with Gasteiger partial charge in [0.2, 0.25) is 17.7 Å². The Morgan fingerprint density at radius 2 is 1.72 bits per heavy atom. The van der Waals surface area contributed by atoms with Crippen molar-refractivity contribution in [2.45, 2.75) is 33.1 Å². The zero-order valence-corrected chi connectivity index (χ0v) is 15.3. The number of rotatable bonds is 4. The highest BCUT2D eigenvalue weighted by atomic mass is 35.5. The van der Waals surface area contributed by atoms with Crippen molar-refractivity contribution >= 4 is 29.3 Å². The molecule has 3 amide bonds. The molecule has 136 valence electrons. The van der Waals surface area contributed by atoms with Crippen molar-refractivity contribution in [1.82, 2.24) is 15.8 Å². The van der Waals surface area contributed by atoms with E-state index in [1.807, 2.05) is 13.8 Å². The predicted octanol–water partition coefficient (Wildman–Crippen LogP) is 1.92. The average Bonchev–Trinajstić information content (AvgIpc) is 2.61. The number of likely N-dealkylation sites (tertiary alicyclic amines) is 1. The molecule has 1 heterocycles. The fourth-order valence-electron chi connectivity index (χ4n) is 2.79. The van der Waals surface area contributed by atoms with Gasteiger partial charge in [-0.1, -0.05) is 37.6 Å². The van der Waals surface area contributed by atoms with E-state index in [0.717, 1.165) is 5.56 Å². The number of carbonyl (C=O) groups excluding carboxylic acids is 3. The highest BCUT2D eigenvalue weighted by Gasteiger charge is 2.28. The molecule has 25 heavy (non-hydrogen) atoms. The molecule has 0 aliphatic carbocycles. The summed E-state index contributed by atoms with van der Waals surface area (Å²) in [5, 5.41) is 0.611. The van der Waals surface area contributed by atoms with Crippen LogP contribution in [0.5, 0.6) is 0 Å². The summed E-state index contributed by atoms with van der Waals surface area (Å²) in [6.45, 7) is 4.90. The van der Waals surface area contributed by atoms with Gasteiger partial charge in [-0.2, -0.15) is 0 Å². The number of hydrogen-bond acceptors (Lipinski definition) is 3. The largest absolute Gasteiger partial charge is 0.342 e. The molecule has 1 fully saturated rings. The van der Waals surface area contributed by atoms with E-state index in [4.69, 9.17) is 11.6 Å². The first-order valence-corrected chi connectivity index (χ1v) is 8.86. The topological polar surface area (TPSA) is 78.5 Å². The molecule has 0 saturated carbocycles. The first-order valence-electron chi connectivity index (χ1n) is 8.48. The van der Waals surface area contributed by atoms with Crippen molar-refractivity contribution in [2.75, 3.05) is 13.1 Å². The second kappa shape index (κ2) is 8.85. The highest BCUT2D eigenvalue weighted by Crippen LogP contribution is 2.18. The van der Waals surface area contributed by atoms with Gasteiger partial charge in [0.05, 0.1) is 6.42 Å². The molecule has 0 atom stereocenters. The fraction of sp³-hybridized carbons (Fsp3) is 0.500. The van der Waals surface area contributed by atoms with Gasteiger partial charge in [0, 0.05) is 29.9 Å². The second-order valence-electron chi connectivity index (χ2n) is 6.59. The third-order valence-corrected chi connectivity index (χ3v) is 4.53. The number of hydrazine groups is 1. The molecule has 0 spiro atoms. The molecule has 2 rings (SSSR count). The van der Waals surface area contributed by atoms with E-state index < -0.39 is 0 Å². The molecule has 1 saturated heterocycles. The third-order valence-electron chi connectivity index (χ3n) is 4.27. The van der Waals surface area contributed by atoms with E-state index >= 15 is 0 Å². The normalized spacial score (nSPS) is 15.1. The van der Waals surface area contributed by atoms with Crippen LogP contribution in [0.4, 0.5) is 0 Å². The van der Waals surface area contributed by atoms with Crippen molar-refractivity contribution in [3.8, 4) is 0 Å². The minimum absolute atomic E-state index is 0.0301. The standard InChI is InChI=1S/C18H24ClN3O3/c1-12(2)18(25)22-9-7-14(8-10-22)17(24)21-20-16(23)11-13-3-5-15(19)6-4-13/h3-6,12,14H,7-11H2,1-2H3,(H,20,23)(H,21,24). The Kier molecular flexibility index (Phi) is 6.82. The van der Waals surface area contributed by atoms with Gasteiger partial charge in [0.1, 0.15) is 0 Å². The number of nitrogens with one attached hydrogen (secondary N) is 2. The van der Waals surface area contributed by atoms with E-state index in [-0.39, 0.29) is 36.0 Å². The second-order valence-corrected chi connectivity index (χ2v) is 7.03. The fourth-order valence-corrected chi connectivity index (χ4v) is 2.92. The number of hydrogen-bond donors (Lipinski definition) is 2. The van der Waals surface area contributed by atoms with Crippen LogP contribution in [0.3, 0.4) is 0 Å². The first-order chi connectivity index (χ1) is 11.9. The maximum absolute atomic E-state index is 12.2. The SMILES string of the molecule is CC(C)C(=O)N1CCC(C(=O)NNC(=O)Cc2ccc(Cl)cc2)CC1. The summed E-state index contributed by atoms with van der Waals surface area (Å²) in [6, 6.07) is 6.97. The van der Waals surface area contributed by atoms with Crippen LogP contribution in [0.25, 0.3) is 0 Å². The summed E-state index contributed by atoms with van der Waals surface area (Å²) < 4.78 is 0. The lowest BCUT2D eigenvalue weighted by Gasteiger charge is -2.32. The number of carbonyl (C=O) groups is 3. The van der Waals surface area contributed by atoms with E-state index in [9.17, 15) is 14.4 Å². The molecular weight excluding hydrogens is 342 g/mol. The van der Waals surface area contributed by atoms with E-state index in [1.54, 1.807) is 29.2 Å². The van der Waals surface area contributed by atoms with Crippen LogP contribution in [0.2, 0.25) is 5.02 Å². The summed E-state index contributed by atoms with van der Waals surface area (Å²) >= 11 is 5.80. The maximum atomic E-state index is 12.2. The van der Waals surface area contributed by atoms with Gasteiger partial charge in [0.25, 0.3) is 0 Å². The van der Waals surface area contributed by atoms with Crippen molar-refractivity contribution < 1.29 is 14.4 Å². The molecule has 0 bridgehead atoms. The van der Waals surface area contributed by atoms with Crippen molar-refractivity contribution in [2.24, 2.45) is 11.8 Å². The van der Waals surface area contributed by atoms with Crippen LogP contribution < -0.4 is 10.9 Å². The van der Waals surface area contributed by atoms with Gasteiger partial charge in [-0.25, -0.2) is 0 Å². The van der Waals surface area contributed by atoms with Crippen LogP contribution in [0, 0.1) is 11.8 Å². The van der Waals surface area contributed by atoms with Crippen LogP contribution in [-0.2, 0) is 20.8 Å². The smallest absolute Gasteiger partial charge is 0.242 e. The van der Waals surface area contributed by atoms with E-state index in [0.29, 0.717) is 31.0 Å². The monoisotopic (exact) mass is 365 g/mol. The van der Waals surface area contributed by atoms with E-state index in [2.05, 4.69) is 10.9 Å². The average molecular weight is 366 g/mol. The van der Waals surface area contributed by atoms with Crippen LogP contribution in [-0.4, -0.2) is 35.7 Å². The number of benzene rings is 1. The number of halogens is 1. The van der Waals surface area contributed by atoms with E-state index in [1.165, 1.54) is 0 Å². The van der Waals surface area contributed by atoms with Crippen molar-refractivity contribution in [1.29, 1.82) is 0 Å². The Hall–Kier alpha value is -2.08. The molecule has 1 aromatic carbocycles. The summed E-state index contributed by atoms with van der Waals surface area (Å²) in [5.74, 6) is -0.594. The molecule has 0 unspecified atom stereocenters. The molecule has 0 radical (unpaired) electrons. The number of nitrogens with zero attached hydrogens (tertiary/aromatic N) is 1. The molecule has 7 heteroatoms. The Bertz CT molecular complexity index is 623. The van der Waals surface area contributed by atoms with Crippen LogP contribution in [0.1, 0.15) is 32.3 Å². The quantitative estimate of drug-likeness (QED) is 0.800. The molecule has 0 aromatic heterocycles. The molecule has 1 aliphatic heterocycles. The Morgan fingerprint density at radius 1 is 1.12 bits per heavy atom. The van der Waals surface area contributed by atoms with Gasteiger partial charge in [0.15, 0.2) is 0 Å². The summed E-state index contributed by atoms with van der Waals surface area (Å²) in [6.07, 6.45) is 1.38. The van der Waals surface area contributed by atoms with Gasteiger partial charge in [-0.05, 0) is 30.5 Å². The summed E-state index contributed by atoms with van der Waals surface area (Å²) in [7, 11) is 0. The zero-order valence-electron chi connectivity index (χ0n) is 14.5. The minimum Gasteiger partial charge on any atom is -0.342 e. The zero-order chi connectivity index (χ0) is 18.4. The molecule has 1 aliphatic rings. The predicted molar refractivity (Wildman–Crippen MR) is 95.6 cm³/mol. The van der Waals surface area contributed by atoms with Crippen LogP contribution in [0.15, 0.2) is 24.3 Å². The summed E-state index contributed by atoms with van der Waals surface area (Å²) in [4.78, 5) is 37.8.